The van der Waals surface area contributed by atoms with Gasteiger partial charge in [-0.25, -0.2) is 4.68 Å². The van der Waals surface area contributed by atoms with E-state index in [0.29, 0.717) is 18.8 Å². The van der Waals surface area contributed by atoms with E-state index in [1.54, 1.807) is 13.2 Å². The Morgan fingerprint density at radius 1 is 1.50 bits per heavy atom. The molecule has 1 N–H and O–H groups in total. The fourth-order valence-electron chi connectivity index (χ4n) is 2.53. The monoisotopic (exact) mass is 349 g/mol. The molecule has 3 rings (SSSR count). The van der Waals surface area contributed by atoms with E-state index < -0.39 is 0 Å². The topological polar surface area (TPSA) is 65.4 Å². The number of hydrogen-bond acceptors (Lipinski definition) is 5. The fraction of sp³-hybridized carbons (Fsp3) is 0.412. The van der Waals surface area contributed by atoms with Crippen LogP contribution in [0.15, 0.2) is 29.2 Å². The van der Waals surface area contributed by atoms with Crippen LogP contribution in [0.2, 0.25) is 5.02 Å². The maximum absolute atomic E-state index is 11.8. The van der Waals surface area contributed by atoms with E-state index in [0.717, 1.165) is 29.9 Å². The maximum atomic E-state index is 11.8. The first kappa shape index (κ1) is 16.8. The second kappa shape index (κ2) is 7.23. The van der Waals surface area contributed by atoms with Crippen molar-refractivity contribution in [3.05, 3.63) is 50.9 Å². The number of aryl methyl sites for hydroxylation is 2. The van der Waals surface area contributed by atoms with Crippen molar-refractivity contribution < 1.29 is 9.47 Å². The summed E-state index contributed by atoms with van der Waals surface area (Å²) in [4.78, 5) is 11.8. The molecule has 1 fully saturated rings. The third kappa shape index (κ3) is 3.71. The molecule has 6 nitrogen and oxygen atoms in total. The molecule has 0 bridgehead atoms. The molecule has 0 spiro atoms. The molecular weight excluding hydrogens is 330 g/mol. The standard InChI is InChI=1S/C17H20ClN3O3/c1-11-3-4-12(15(7-11)24-13-5-6-23-10-13)8-19-14-9-20-21(2)17(22)16(14)18/h3-4,7,9,13,19H,5-6,8,10H2,1-2H3/t13-/m1/s1. The van der Waals surface area contributed by atoms with Crippen molar-refractivity contribution in [3.63, 3.8) is 0 Å². The molecule has 1 aliphatic heterocycles. The van der Waals surface area contributed by atoms with Crippen LogP contribution >= 0.6 is 11.6 Å². The summed E-state index contributed by atoms with van der Waals surface area (Å²) in [6.45, 7) is 3.86. The first-order chi connectivity index (χ1) is 11.5. The average molecular weight is 350 g/mol. The predicted octanol–water partition coefficient (Wildman–Crippen LogP) is 2.52. The van der Waals surface area contributed by atoms with Crippen molar-refractivity contribution in [1.82, 2.24) is 9.78 Å². The SMILES string of the molecule is Cc1ccc(CNc2cnn(C)c(=O)c2Cl)c(O[C@@H]2CCOC2)c1. The molecule has 2 heterocycles. The van der Waals surface area contributed by atoms with Crippen molar-refractivity contribution in [2.75, 3.05) is 18.5 Å². The summed E-state index contributed by atoms with van der Waals surface area (Å²) in [7, 11) is 1.56. The quantitative estimate of drug-likeness (QED) is 0.898. The number of aromatic nitrogens is 2. The number of halogens is 1. The van der Waals surface area contributed by atoms with E-state index in [4.69, 9.17) is 21.1 Å². The number of rotatable bonds is 5. The first-order valence-corrected chi connectivity index (χ1v) is 8.22. The predicted molar refractivity (Wildman–Crippen MR) is 92.8 cm³/mol. The van der Waals surface area contributed by atoms with Crippen LogP contribution in [-0.4, -0.2) is 29.1 Å². The van der Waals surface area contributed by atoms with E-state index in [2.05, 4.69) is 10.4 Å². The summed E-state index contributed by atoms with van der Waals surface area (Å²) in [5.41, 5.74) is 2.30. The molecule has 0 amide bonds. The van der Waals surface area contributed by atoms with E-state index in [9.17, 15) is 4.79 Å². The molecule has 1 aromatic heterocycles. The highest BCUT2D eigenvalue weighted by molar-refractivity contribution is 6.32. The lowest BCUT2D eigenvalue weighted by atomic mass is 10.1. The number of nitrogens with one attached hydrogen (secondary N) is 1. The molecule has 1 atom stereocenters. The van der Waals surface area contributed by atoms with Crippen molar-refractivity contribution in [2.24, 2.45) is 7.05 Å². The van der Waals surface area contributed by atoms with Gasteiger partial charge in [0.2, 0.25) is 0 Å². The molecule has 0 aliphatic carbocycles. The Balaban J connectivity index is 1.77. The lowest BCUT2D eigenvalue weighted by Gasteiger charge is -2.17. The highest BCUT2D eigenvalue weighted by atomic mass is 35.5. The largest absolute Gasteiger partial charge is 0.488 e. The first-order valence-electron chi connectivity index (χ1n) is 7.84. The Kier molecular flexibility index (Phi) is 5.06. The van der Waals surface area contributed by atoms with Crippen LogP contribution in [0.5, 0.6) is 5.75 Å². The molecule has 24 heavy (non-hydrogen) atoms. The second-order valence-electron chi connectivity index (χ2n) is 5.87. The maximum Gasteiger partial charge on any atom is 0.287 e. The molecule has 1 saturated heterocycles. The summed E-state index contributed by atoms with van der Waals surface area (Å²) in [5.74, 6) is 0.825. The van der Waals surface area contributed by atoms with Gasteiger partial charge in [-0.3, -0.25) is 4.79 Å². The van der Waals surface area contributed by atoms with Crippen molar-refractivity contribution >= 4 is 17.3 Å². The van der Waals surface area contributed by atoms with Crippen LogP contribution in [0.1, 0.15) is 17.5 Å². The van der Waals surface area contributed by atoms with Crippen molar-refractivity contribution in [2.45, 2.75) is 26.0 Å². The van der Waals surface area contributed by atoms with E-state index >= 15 is 0 Å². The lowest BCUT2D eigenvalue weighted by Crippen LogP contribution is -2.21. The average Bonchev–Trinajstić information content (AvgIpc) is 3.06. The third-order valence-corrected chi connectivity index (χ3v) is 4.32. The van der Waals surface area contributed by atoms with Gasteiger partial charge < -0.3 is 14.8 Å². The van der Waals surface area contributed by atoms with Gasteiger partial charge in [-0.2, -0.15) is 5.10 Å². The van der Waals surface area contributed by atoms with Gasteiger partial charge in [-0.15, -0.1) is 0 Å². The summed E-state index contributed by atoms with van der Waals surface area (Å²) in [5, 5.41) is 7.27. The normalized spacial score (nSPS) is 17.0. The minimum atomic E-state index is -0.329. The molecule has 2 aromatic rings. The van der Waals surface area contributed by atoms with Gasteiger partial charge in [0, 0.05) is 25.6 Å². The number of anilines is 1. The van der Waals surface area contributed by atoms with Crippen molar-refractivity contribution in [3.8, 4) is 5.75 Å². The lowest BCUT2D eigenvalue weighted by molar-refractivity contribution is 0.140. The Morgan fingerprint density at radius 2 is 2.33 bits per heavy atom. The van der Waals surface area contributed by atoms with Gasteiger partial charge in [0.05, 0.1) is 25.1 Å². The van der Waals surface area contributed by atoms with Crippen LogP contribution in [0.4, 0.5) is 5.69 Å². The Morgan fingerprint density at radius 3 is 3.08 bits per heavy atom. The summed E-state index contributed by atoms with van der Waals surface area (Å²) in [6, 6.07) is 6.05. The summed E-state index contributed by atoms with van der Waals surface area (Å²) >= 11 is 6.08. The summed E-state index contributed by atoms with van der Waals surface area (Å²) < 4.78 is 12.6. The molecule has 7 heteroatoms. The molecule has 0 unspecified atom stereocenters. The van der Waals surface area contributed by atoms with Gasteiger partial charge in [0.25, 0.3) is 5.56 Å². The van der Waals surface area contributed by atoms with Gasteiger partial charge in [0.1, 0.15) is 16.9 Å². The molecule has 0 radical (unpaired) electrons. The van der Waals surface area contributed by atoms with Crippen LogP contribution in [-0.2, 0) is 18.3 Å². The number of ether oxygens (including phenoxy) is 2. The van der Waals surface area contributed by atoms with Crippen LogP contribution < -0.4 is 15.6 Å². The molecule has 0 saturated carbocycles. The van der Waals surface area contributed by atoms with Crippen molar-refractivity contribution in [1.29, 1.82) is 0 Å². The number of hydrogen-bond donors (Lipinski definition) is 1. The van der Waals surface area contributed by atoms with E-state index in [-0.39, 0.29) is 16.7 Å². The second-order valence-corrected chi connectivity index (χ2v) is 6.25. The van der Waals surface area contributed by atoms with Gasteiger partial charge in [0.15, 0.2) is 0 Å². The van der Waals surface area contributed by atoms with E-state index in [1.807, 2.05) is 25.1 Å². The zero-order valence-corrected chi connectivity index (χ0v) is 14.5. The highest BCUT2D eigenvalue weighted by Gasteiger charge is 2.19. The molecular formula is C17H20ClN3O3. The zero-order chi connectivity index (χ0) is 17.1. The summed E-state index contributed by atoms with van der Waals surface area (Å²) in [6.07, 6.45) is 2.52. The van der Waals surface area contributed by atoms with Gasteiger partial charge in [-0.05, 0) is 18.6 Å². The molecule has 1 aromatic carbocycles. The molecule has 1 aliphatic rings. The fourth-order valence-corrected chi connectivity index (χ4v) is 2.77. The van der Waals surface area contributed by atoms with Crippen LogP contribution in [0.3, 0.4) is 0 Å². The Bertz CT molecular complexity index is 785. The minimum absolute atomic E-state index is 0.0832. The number of benzene rings is 1. The Hall–Kier alpha value is -2.05. The van der Waals surface area contributed by atoms with Gasteiger partial charge >= 0.3 is 0 Å². The number of nitrogens with zero attached hydrogens (tertiary/aromatic N) is 2. The van der Waals surface area contributed by atoms with Gasteiger partial charge in [-0.1, -0.05) is 23.7 Å². The smallest absolute Gasteiger partial charge is 0.287 e. The minimum Gasteiger partial charge on any atom is -0.488 e. The Labute approximate surface area is 145 Å². The van der Waals surface area contributed by atoms with E-state index in [1.165, 1.54) is 4.68 Å². The highest BCUT2D eigenvalue weighted by Crippen LogP contribution is 2.25. The third-order valence-electron chi connectivity index (χ3n) is 3.95. The van der Waals surface area contributed by atoms with Crippen LogP contribution in [0, 0.1) is 6.92 Å². The van der Waals surface area contributed by atoms with Crippen LogP contribution in [0.25, 0.3) is 0 Å². The molecule has 128 valence electrons. The zero-order valence-electron chi connectivity index (χ0n) is 13.7.